The molecule has 0 saturated carbocycles. The molecule has 0 heterocycles. The fourth-order valence-electron chi connectivity index (χ4n) is 1.38. The summed E-state index contributed by atoms with van der Waals surface area (Å²) >= 11 is 1.85. The van der Waals surface area contributed by atoms with Crippen molar-refractivity contribution < 1.29 is 14.6 Å². The second-order valence-electron chi connectivity index (χ2n) is 4.24. The minimum Gasteiger partial charge on any atom is -0.492 e. The standard InChI is InChI=1S/C14H20O3S/c1-3-11(2)10-18-9-8-17-13-7-5-4-6-12(13)14(15)16/h4-7,11H,3,8-10H2,1-2H3,(H,15,16). The summed E-state index contributed by atoms with van der Waals surface area (Å²) in [6, 6.07) is 6.74. The Morgan fingerprint density at radius 1 is 1.44 bits per heavy atom. The topological polar surface area (TPSA) is 46.5 Å². The number of benzene rings is 1. The van der Waals surface area contributed by atoms with E-state index in [0.29, 0.717) is 12.4 Å². The summed E-state index contributed by atoms with van der Waals surface area (Å²) in [7, 11) is 0. The quantitative estimate of drug-likeness (QED) is 0.732. The van der Waals surface area contributed by atoms with Crippen LogP contribution in [0.25, 0.3) is 0 Å². The van der Waals surface area contributed by atoms with Crippen LogP contribution in [0.2, 0.25) is 0 Å². The number of aromatic carboxylic acids is 1. The van der Waals surface area contributed by atoms with Crippen molar-refractivity contribution in [3.8, 4) is 5.75 Å². The zero-order valence-corrected chi connectivity index (χ0v) is 11.7. The minimum atomic E-state index is -0.946. The Kier molecular flexibility index (Phi) is 6.65. The molecule has 18 heavy (non-hydrogen) atoms. The smallest absolute Gasteiger partial charge is 0.339 e. The molecule has 1 rings (SSSR count). The van der Waals surface area contributed by atoms with E-state index in [2.05, 4.69) is 13.8 Å². The molecule has 1 aromatic rings. The highest BCUT2D eigenvalue weighted by atomic mass is 32.2. The molecule has 100 valence electrons. The maximum atomic E-state index is 11.0. The molecule has 0 aliphatic carbocycles. The van der Waals surface area contributed by atoms with Crippen LogP contribution in [0.3, 0.4) is 0 Å². The van der Waals surface area contributed by atoms with Crippen LogP contribution < -0.4 is 4.74 Å². The van der Waals surface area contributed by atoms with E-state index in [9.17, 15) is 4.79 Å². The van der Waals surface area contributed by atoms with Gasteiger partial charge in [-0.25, -0.2) is 4.79 Å². The van der Waals surface area contributed by atoms with Gasteiger partial charge in [0.1, 0.15) is 11.3 Å². The van der Waals surface area contributed by atoms with Crippen molar-refractivity contribution in [2.75, 3.05) is 18.1 Å². The van der Waals surface area contributed by atoms with Gasteiger partial charge in [0.15, 0.2) is 0 Å². The van der Waals surface area contributed by atoms with E-state index in [-0.39, 0.29) is 5.56 Å². The molecule has 3 nitrogen and oxygen atoms in total. The Morgan fingerprint density at radius 2 is 2.17 bits per heavy atom. The largest absolute Gasteiger partial charge is 0.492 e. The highest BCUT2D eigenvalue weighted by Gasteiger charge is 2.09. The van der Waals surface area contributed by atoms with E-state index >= 15 is 0 Å². The van der Waals surface area contributed by atoms with Crippen LogP contribution in [-0.4, -0.2) is 29.2 Å². The lowest BCUT2D eigenvalue weighted by molar-refractivity contribution is 0.0692. The van der Waals surface area contributed by atoms with Crippen LogP contribution in [0.5, 0.6) is 5.75 Å². The van der Waals surface area contributed by atoms with Gasteiger partial charge < -0.3 is 9.84 Å². The van der Waals surface area contributed by atoms with Gasteiger partial charge in [-0.1, -0.05) is 32.4 Å². The average molecular weight is 268 g/mol. The second kappa shape index (κ2) is 8.03. The third kappa shape index (κ3) is 5.00. The normalized spacial score (nSPS) is 12.1. The lowest BCUT2D eigenvalue weighted by Crippen LogP contribution is -2.07. The van der Waals surface area contributed by atoms with Crippen molar-refractivity contribution in [2.24, 2.45) is 5.92 Å². The van der Waals surface area contributed by atoms with Gasteiger partial charge in [0, 0.05) is 5.75 Å². The molecule has 0 bridgehead atoms. The Hall–Kier alpha value is -1.16. The summed E-state index contributed by atoms with van der Waals surface area (Å²) < 4.78 is 5.51. The van der Waals surface area contributed by atoms with E-state index in [0.717, 1.165) is 17.4 Å². The molecule has 0 spiro atoms. The van der Waals surface area contributed by atoms with Crippen LogP contribution in [0, 0.1) is 5.92 Å². The third-order valence-corrected chi connectivity index (χ3v) is 3.96. The molecule has 1 unspecified atom stereocenters. The number of ether oxygens (including phenoxy) is 1. The van der Waals surface area contributed by atoms with Gasteiger partial charge in [-0.2, -0.15) is 11.8 Å². The molecule has 0 aliphatic heterocycles. The summed E-state index contributed by atoms with van der Waals surface area (Å²) in [5, 5.41) is 8.99. The maximum Gasteiger partial charge on any atom is 0.339 e. The molecule has 1 atom stereocenters. The number of thioether (sulfide) groups is 1. The van der Waals surface area contributed by atoms with Gasteiger partial charge in [0.05, 0.1) is 6.61 Å². The first-order valence-corrected chi connectivity index (χ1v) is 7.33. The molecule has 1 N–H and O–H groups in total. The predicted octanol–water partition coefficient (Wildman–Crippen LogP) is 3.54. The Morgan fingerprint density at radius 3 is 2.83 bits per heavy atom. The van der Waals surface area contributed by atoms with Gasteiger partial charge in [0.25, 0.3) is 0 Å². The summed E-state index contributed by atoms with van der Waals surface area (Å²) in [5.74, 6) is 2.24. The SMILES string of the molecule is CCC(C)CSCCOc1ccccc1C(=O)O. The van der Waals surface area contributed by atoms with Crippen LogP contribution in [0.15, 0.2) is 24.3 Å². The zero-order valence-electron chi connectivity index (χ0n) is 10.9. The van der Waals surface area contributed by atoms with E-state index in [4.69, 9.17) is 9.84 Å². The molecule has 0 saturated heterocycles. The van der Waals surface area contributed by atoms with Crippen LogP contribution >= 0.6 is 11.8 Å². The Balaban J connectivity index is 2.33. The number of hydrogen-bond donors (Lipinski definition) is 1. The van der Waals surface area contributed by atoms with Crippen LogP contribution in [0.4, 0.5) is 0 Å². The van der Waals surface area contributed by atoms with Gasteiger partial charge in [-0.3, -0.25) is 0 Å². The monoisotopic (exact) mass is 268 g/mol. The summed E-state index contributed by atoms with van der Waals surface area (Å²) in [6.07, 6.45) is 1.19. The highest BCUT2D eigenvalue weighted by molar-refractivity contribution is 7.99. The molecule has 0 amide bonds. The molecule has 0 aromatic heterocycles. The Bertz CT molecular complexity index is 379. The van der Waals surface area contributed by atoms with Crippen molar-refractivity contribution in [1.82, 2.24) is 0 Å². The maximum absolute atomic E-state index is 11.0. The van der Waals surface area contributed by atoms with E-state index in [1.165, 1.54) is 6.42 Å². The second-order valence-corrected chi connectivity index (χ2v) is 5.39. The highest BCUT2D eigenvalue weighted by Crippen LogP contribution is 2.18. The summed E-state index contributed by atoms with van der Waals surface area (Å²) in [5.41, 5.74) is 0.226. The fraction of sp³-hybridized carbons (Fsp3) is 0.500. The molecular formula is C14H20O3S. The number of hydrogen-bond acceptors (Lipinski definition) is 3. The minimum absolute atomic E-state index is 0.226. The lowest BCUT2D eigenvalue weighted by atomic mass is 10.2. The zero-order chi connectivity index (χ0) is 13.4. The molecule has 4 heteroatoms. The van der Waals surface area contributed by atoms with Crippen molar-refractivity contribution in [2.45, 2.75) is 20.3 Å². The summed E-state index contributed by atoms with van der Waals surface area (Å²) in [4.78, 5) is 11.0. The van der Waals surface area contributed by atoms with Gasteiger partial charge >= 0.3 is 5.97 Å². The molecule has 0 aliphatic rings. The number of rotatable bonds is 8. The summed E-state index contributed by atoms with van der Waals surface area (Å²) in [6.45, 7) is 4.96. The number of carboxylic acid groups (broad SMARTS) is 1. The number of para-hydroxylation sites is 1. The van der Waals surface area contributed by atoms with Gasteiger partial charge in [0.2, 0.25) is 0 Å². The van der Waals surface area contributed by atoms with Crippen LogP contribution in [0.1, 0.15) is 30.6 Å². The first-order valence-electron chi connectivity index (χ1n) is 6.18. The Labute approximate surface area is 113 Å². The van der Waals surface area contributed by atoms with Crippen molar-refractivity contribution >= 4 is 17.7 Å². The number of carboxylic acids is 1. The van der Waals surface area contributed by atoms with E-state index < -0.39 is 5.97 Å². The first kappa shape index (κ1) is 14.9. The van der Waals surface area contributed by atoms with Crippen molar-refractivity contribution in [1.29, 1.82) is 0 Å². The fourth-order valence-corrected chi connectivity index (χ4v) is 2.39. The molecule has 0 fully saturated rings. The molecule has 0 radical (unpaired) electrons. The van der Waals surface area contributed by atoms with Crippen molar-refractivity contribution in [3.63, 3.8) is 0 Å². The van der Waals surface area contributed by atoms with Gasteiger partial charge in [-0.15, -0.1) is 0 Å². The lowest BCUT2D eigenvalue weighted by Gasteiger charge is -2.10. The molecular weight excluding hydrogens is 248 g/mol. The van der Waals surface area contributed by atoms with Crippen molar-refractivity contribution in [3.05, 3.63) is 29.8 Å². The average Bonchev–Trinajstić information content (AvgIpc) is 2.38. The predicted molar refractivity (Wildman–Crippen MR) is 75.7 cm³/mol. The van der Waals surface area contributed by atoms with E-state index in [1.54, 1.807) is 24.3 Å². The van der Waals surface area contributed by atoms with Crippen LogP contribution in [-0.2, 0) is 0 Å². The molecule has 1 aromatic carbocycles. The first-order chi connectivity index (χ1) is 8.65. The van der Waals surface area contributed by atoms with Gasteiger partial charge in [-0.05, 0) is 23.8 Å². The number of carbonyl (C=O) groups is 1. The van der Waals surface area contributed by atoms with E-state index in [1.807, 2.05) is 11.8 Å². The third-order valence-electron chi connectivity index (χ3n) is 2.70.